The molecule has 1 atom stereocenters. The van der Waals surface area contributed by atoms with Crippen LogP contribution in [0.5, 0.6) is 0 Å². The molecule has 2 heterocycles. The molecular formula is C33H32N2. The first-order valence-electron chi connectivity index (χ1n) is 12.3. The van der Waals surface area contributed by atoms with Gasteiger partial charge < -0.3 is 4.90 Å². The molecule has 0 amide bonds. The second-order valence-corrected chi connectivity index (χ2v) is 9.79. The Balaban J connectivity index is 1.69. The number of benzene rings is 3. The van der Waals surface area contributed by atoms with E-state index >= 15 is 0 Å². The molecule has 1 aliphatic heterocycles. The van der Waals surface area contributed by atoms with Crippen LogP contribution in [0, 0.1) is 6.92 Å². The van der Waals surface area contributed by atoms with Crippen LogP contribution in [0.4, 0.5) is 0 Å². The first-order chi connectivity index (χ1) is 17.0. The summed E-state index contributed by atoms with van der Waals surface area (Å²) in [6, 6.07) is 34.5. The molecule has 0 fully saturated rings. The fourth-order valence-corrected chi connectivity index (χ4v) is 5.19. The molecule has 0 aliphatic carbocycles. The Kier molecular flexibility index (Phi) is 6.13. The molecule has 0 N–H and O–H groups in total. The summed E-state index contributed by atoms with van der Waals surface area (Å²) in [6.07, 6.45) is 6.66. The summed E-state index contributed by atoms with van der Waals surface area (Å²) in [5.74, 6) is 0. The smallest absolute Gasteiger partial charge is 0.0735 e. The second kappa shape index (κ2) is 9.38. The third kappa shape index (κ3) is 4.33. The van der Waals surface area contributed by atoms with Crippen molar-refractivity contribution in [1.29, 1.82) is 0 Å². The minimum Gasteiger partial charge on any atom is -0.357 e. The zero-order chi connectivity index (χ0) is 24.4. The zero-order valence-corrected chi connectivity index (χ0v) is 20.9. The van der Waals surface area contributed by atoms with Gasteiger partial charge in [0.1, 0.15) is 0 Å². The van der Waals surface area contributed by atoms with Gasteiger partial charge in [0.05, 0.1) is 17.3 Å². The molecule has 2 nitrogen and oxygen atoms in total. The fraction of sp³-hybridized carbons (Fsp3) is 0.182. The molecular weight excluding hydrogens is 424 g/mol. The van der Waals surface area contributed by atoms with Gasteiger partial charge >= 0.3 is 0 Å². The summed E-state index contributed by atoms with van der Waals surface area (Å²) in [7, 11) is 0. The van der Waals surface area contributed by atoms with Gasteiger partial charge in [0.15, 0.2) is 0 Å². The Bertz CT molecular complexity index is 1380. The Morgan fingerprint density at radius 1 is 0.743 bits per heavy atom. The van der Waals surface area contributed by atoms with E-state index in [0.717, 1.165) is 5.69 Å². The maximum atomic E-state index is 4.77. The van der Waals surface area contributed by atoms with Gasteiger partial charge in [-0.05, 0) is 61.6 Å². The van der Waals surface area contributed by atoms with Crippen molar-refractivity contribution in [3.05, 3.63) is 143 Å². The third-order valence-corrected chi connectivity index (χ3v) is 7.12. The van der Waals surface area contributed by atoms with Crippen molar-refractivity contribution in [3.8, 4) is 11.3 Å². The van der Waals surface area contributed by atoms with Crippen LogP contribution in [0.3, 0.4) is 0 Å². The van der Waals surface area contributed by atoms with Crippen LogP contribution in [0.15, 0.2) is 121 Å². The molecule has 4 aromatic rings. The van der Waals surface area contributed by atoms with Gasteiger partial charge in [-0.15, -0.1) is 0 Å². The molecule has 1 aliphatic rings. The van der Waals surface area contributed by atoms with Crippen LogP contribution >= 0.6 is 0 Å². The summed E-state index contributed by atoms with van der Waals surface area (Å²) >= 11 is 0. The van der Waals surface area contributed by atoms with Gasteiger partial charge in [-0.3, -0.25) is 4.98 Å². The molecule has 0 saturated carbocycles. The molecule has 35 heavy (non-hydrogen) atoms. The third-order valence-electron chi connectivity index (χ3n) is 7.12. The van der Waals surface area contributed by atoms with E-state index in [1.807, 2.05) is 12.3 Å². The predicted molar refractivity (Wildman–Crippen MR) is 147 cm³/mol. The SMILES string of the molecule is CC1=CC(c2ccccc2)N(C(C)(C)c2ccccc2-c2ncccc2C)C=C1c1ccccc1. The summed E-state index contributed by atoms with van der Waals surface area (Å²) in [6.45, 7) is 9.02. The Morgan fingerprint density at radius 2 is 1.40 bits per heavy atom. The summed E-state index contributed by atoms with van der Waals surface area (Å²) in [4.78, 5) is 7.30. The summed E-state index contributed by atoms with van der Waals surface area (Å²) < 4.78 is 0. The van der Waals surface area contributed by atoms with E-state index in [2.05, 4.69) is 136 Å². The van der Waals surface area contributed by atoms with Crippen LogP contribution in [-0.2, 0) is 5.54 Å². The molecule has 0 radical (unpaired) electrons. The minimum atomic E-state index is -0.307. The maximum Gasteiger partial charge on any atom is 0.0735 e. The van der Waals surface area contributed by atoms with Gasteiger partial charge in [0.25, 0.3) is 0 Å². The van der Waals surface area contributed by atoms with Crippen LogP contribution in [0.25, 0.3) is 16.8 Å². The zero-order valence-electron chi connectivity index (χ0n) is 20.9. The molecule has 0 bridgehead atoms. The Morgan fingerprint density at radius 3 is 2.11 bits per heavy atom. The molecule has 3 aromatic carbocycles. The highest BCUT2D eigenvalue weighted by Crippen LogP contribution is 2.45. The highest BCUT2D eigenvalue weighted by Gasteiger charge is 2.36. The van der Waals surface area contributed by atoms with E-state index in [1.54, 1.807) is 0 Å². The standard InChI is InChI=1S/C33H32N2/c1-24-14-13-21-34-32(24)28-19-11-12-20-30(28)33(3,4)35-23-29(26-15-7-5-8-16-26)25(2)22-31(35)27-17-9-6-10-18-27/h5-23,31H,1-4H3. The lowest BCUT2D eigenvalue weighted by molar-refractivity contribution is 0.151. The largest absolute Gasteiger partial charge is 0.357 e. The first-order valence-corrected chi connectivity index (χ1v) is 12.3. The highest BCUT2D eigenvalue weighted by atomic mass is 15.2. The first kappa shape index (κ1) is 22.9. The number of hydrogen-bond acceptors (Lipinski definition) is 2. The summed E-state index contributed by atoms with van der Waals surface area (Å²) in [5.41, 5.74) is 9.45. The lowest BCUT2D eigenvalue weighted by Gasteiger charge is -2.46. The van der Waals surface area contributed by atoms with Crippen molar-refractivity contribution in [2.75, 3.05) is 0 Å². The number of nitrogens with zero attached hydrogens (tertiary/aromatic N) is 2. The monoisotopic (exact) mass is 456 g/mol. The number of hydrogen-bond donors (Lipinski definition) is 0. The molecule has 174 valence electrons. The quantitative estimate of drug-likeness (QED) is 0.300. The van der Waals surface area contributed by atoms with Crippen molar-refractivity contribution in [2.45, 2.75) is 39.3 Å². The van der Waals surface area contributed by atoms with E-state index in [-0.39, 0.29) is 11.6 Å². The maximum absolute atomic E-state index is 4.77. The number of allylic oxidation sites excluding steroid dienone is 2. The Hall–Kier alpha value is -3.91. The number of aryl methyl sites for hydroxylation is 1. The van der Waals surface area contributed by atoms with E-state index in [9.17, 15) is 0 Å². The molecule has 0 saturated heterocycles. The van der Waals surface area contributed by atoms with Crippen LogP contribution < -0.4 is 0 Å². The molecule has 1 unspecified atom stereocenters. The van der Waals surface area contributed by atoms with Gasteiger partial charge in [-0.25, -0.2) is 0 Å². The Labute approximate surface area is 209 Å². The van der Waals surface area contributed by atoms with Crippen molar-refractivity contribution < 1.29 is 0 Å². The number of rotatable bonds is 5. The number of pyridine rings is 1. The lowest BCUT2D eigenvalue weighted by atomic mass is 9.82. The molecule has 5 rings (SSSR count). The topological polar surface area (TPSA) is 16.1 Å². The van der Waals surface area contributed by atoms with Crippen molar-refractivity contribution in [3.63, 3.8) is 0 Å². The van der Waals surface area contributed by atoms with Crippen LogP contribution in [0.2, 0.25) is 0 Å². The van der Waals surface area contributed by atoms with Crippen LogP contribution in [0.1, 0.15) is 49.1 Å². The van der Waals surface area contributed by atoms with Crippen molar-refractivity contribution >= 4 is 5.57 Å². The second-order valence-electron chi connectivity index (χ2n) is 9.79. The van der Waals surface area contributed by atoms with E-state index < -0.39 is 0 Å². The van der Waals surface area contributed by atoms with Gasteiger partial charge in [-0.1, -0.05) is 97.1 Å². The highest BCUT2D eigenvalue weighted by molar-refractivity contribution is 5.80. The minimum absolute atomic E-state index is 0.122. The van der Waals surface area contributed by atoms with Crippen molar-refractivity contribution in [2.24, 2.45) is 0 Å². The van der Waals surface area contributed by atoms with E-state index in [0.29, 0.717) is 0 Å². The average molecular weight is 457 g/mol. The summed E-state index contributed by atoms with van der Waals surface area (Å²) in [5, 5.41) is 0. The van der Waals surface area contributed by atoms with Crippen LogP contribution in [-0.4, -0.2) is 9.88 Å². The lowest BCUT2D eigenvalue weighted by Crippen LogP contribution is -2.41. The molecule has 2 heteroatoms. The normalized spacial score (nSPS) is 16.0. The van der Waals surface area contributed by atoms with Gasteiger partial charge in [0, 0.05) is 23.5 Å². The predicted octanol–water partition coefficient (Wildman–Crippen LogP) is 8.34. The number of aromatic nitrogens is 1. The molecule has 1 aromatic heterocycles. The molecule has 0 spiro atoms. The van der Waals surface area contributed by atoms with Crippen molar-refractivity contribution in [1.82, 2.24) is 9.88 Å². The van der Waals surface area contributed by atoms with E-state index in [1.165, 1.54) is 39.0 Å². The fourth-order valence-electron chi connectivity index (χ4n) is 5.19. The van der Waals surface area contributed by atoms with E-state index in [4.69, 9.17) is 4.98 Å². The average Bonchev–Trinajstić information content (AvgIpc) is 2.90. The van der Waals surface area contributed by atoms with Gasteiger partial charge in [0.2, 0.25) is 0 Å². The van der Waals surface area contributed by atoms with Gasteiger partial charge in [-0.2, -0.15) is 0 Å².